The van der Waals surface area contributed by atoms with E-state index >= 15 is 0 Å². The molecule has 1 saturated heterocycles. The Morgan fingerprint density at radius 3 is 2.68 bits per heavy atom. The zero-order valence-corrected chi connectivity index (χ0v) is 19.2. The summed E-state index contributed by atoms with van der Waals surface area (Å²) in [5.74, 6) is -1.46. The van der Waals surface area contributed by atoms with Gasteiger partial charge < -0.3 is 4.74 Å². The van der Waals surface area contributed by atoms with Gasteiger partial charge in [-0.25, -0.2) is 18.7 Å². The molecule has 174 valence electrons. The number of aromatic nitrogens is 4. The van der Waals surface area contributed by atoms with Crippen molar-refractivity contribution in [3.8, 4) is 11.3 Å². The zero-order chi connectivity index (χ0) is 24.0. The van der Waals surface area contributed by atoms with Crippen LogP contribution >= 0.6 is 0 Å². The van der Waals surface area contributed by atoms with Gasteiger partial charge in [-0.05, 0) is 63.4 Å². The lowest BCUT2D eigenvalue weighted by molar-refractivity contribution is 0.00451. The lowest BCUT2D eigenvalue weighted by Gasteiger charge is -2.30. The van der Waals surface area contributed by atoms with Gasteiger partial charge in [-0.3, -0.25) is 14.2 Å². The monoisotopic (exact) mass is 462 g/mol. The third-order valence-corrected chi connectivity index (χ3v) is 6.48. The average Bonchev–Trinajstić information content (AvgIpc) is 2.82. The Balaban J connectivity index is 1.66. The minimum absolute atomic E-state index is 0.0209. The smallest absolute Gasteiger partial charge is 0.261 e. The second kappa shape index (κ2) is 8.68. The second-order valence-electron chi connectivity index (χ2n) is 8.77. The van der Waals surface area contributed by atoms with Crippen LogP contribution in [0.25, 0.3) is 16.9 Å². The zero-order valence-electron chi connectivity index (χ0n) is 19.2. The SMILES string of the molecule is Cc1cc([C@H]2C[C@@H](c3cn4c(=O)c(C)c(C)nc4c(-c4ccc(F)cc4F)n3)CCO2)ccn1. The Morgan fingerprint density at radius 2 is 1.91 bits per heavy atom. The molecule has 4 heterocycles. The van der Waals surface area contributed by atoms with Crippen molar-refractivity contribution in [1.82, 2.24) is 19.4 Å². The quantitative estimate of drug-likeness (QED) is 0.429. The Labute approximate surface area is 195 Å². The summed E-state index contributed by atoms with van der Waals surface area (Å²) in [6, 6.07) is 7.27. The van der Waals surface area contributed by atoms with E-state index in [1.165, 1.54) is 16.5 Å². The highest BCUT2D eigenvalue weighted by Crippen LogP contribution is 2.38. The highest BCUT2D eigenvalue weighted by molar-refractivity contribution is 5.74. The van der Waals surface area contributed by atoms with Crippen LogP contribution in [0.1, 0.15) is 53.1 Å². The van der Waals surface area contributed by atoms with Crippen molar-refractivity contribution in [2.75, 3.05) is 6.61 Å². The Kier molecular flexibility index (Phi) is 5.69. The van der Waals surface area contributed by atoms with Gasteiger partial charge in [-0.2, -0.15) is 0 Å². The summed E-state index contributed by atoms with van der Waals surface area (Å²) in [6.45, 7) is 5.90. The number of ether oxygens (including phenoxy) is 1. The van der Waals surface area contributed by atoms with E-state index in [4.69, 9.17) is 9.72 Å². The number of pyridine rings is 1. The van der Waals surface area contributed by atoms with E-state index in [1.54, 1.807) is 26.2 Å². The van der Waals surface area contributed by atoms with Crippen LogP contribution in [0.5, 0.6) is 0 Å². The number of fused-ring (bicyclic) bond motifs is 1. The summed E-state index contributed by atoms with van der Waals surface area (Å²) in [5.41, 5.74) is 3.98. The molecule has 1 aromatic carbocycles. The van der Waals surface area contributed by atoms with E-state index in [2.05, 4.69) is 9.97 Å². The third-order valence-electron chi connectivity index (χ3n) is 6.48. The average molecular weight is 463 g/mol. The number of benzene rings is 1. The standard InChI is InChI=1S/C26H24F2N4O2/c1-14-10-18(6-8-29-14)23-11-17(7-9-34-23)22-13-32-25(30-16(3)15(2)26(32)33)24(31-22)20-5-4-19(27)12-21(20)28/h4-6,8,10,12-13,17,23H,7,9,11H2,1-3H3/t17-,23+/m0/s1. The molecule has 4 aromatic rings. The Morgan fingerprint density at radius 1 is 1.09 bits per heavy atom. The van der Waals surface area contributed by atoms with Gasteiger partial charge in [0.15, 0.2) is 5.65 Å². The van der Waals surface area contributed by atoms with E-state index in [9.17, 15) is 13.6 Å². The molecule has 1 aliphatic rings. The maximum absolute atomic E-state index is 14.8. The van der Waals surface area contributed by atoms with Crippen LogP contribution in [0.4, 0.5) is 8.78 Å². The number of hydrogen-bond acceptors (Lipinski definition) is 5. The molecule has 2 atom stereocenters. The lowest BCUT2D eigenvalue weighted by atomic mass is 9.89. The maximum Gasteiger partial charge on any atom is 0.261 e. The molecule has 0 radical (unpaired) electrons. The molecule has 0 N–H and O–H groups in total. The topological polar surface area (TPSA) is 69.4 Å². The van der Waals surface area contributed by atoms with E-state index in [0.29, 0.717) is 36.4 Å². The van der Waals surface area contributed by atoms with Crippen LogP contribution in [-0.4, -0.2) is 26.0 Å². The molecule has 34 heavy (non-hydrogen) atoms. The van der Waals surface area contributed by atoms with E-state index < -0.39 is 11.6 Å². The fourth-order valence-corrected chi connectivity index (χ4v) is 4.48. The Hall–Kier alpha value is -3.52. The van der Waals surface area contributed by atoms with Crippen molar-refractivity contribution in [3.63, 3.8) is 0 Å². The number of nitrogens with zero attached hydrogens (tertiary/aromatic N) is 4. The van der Waals surface area contributed by atoms with Crippen LogP contribution in [0.15, 0.2) is 47.5 Å². The summed E-state index contributed by atoms with van der Waals surface area (Å²) in [4.78, 5) is 26.7. The van der Waals surface area contributed by atoms with E-state index in [0.717, 1.165) is 17.3 Å². The van der Waals surface area contributed by atoms with Gasteiger partial charge in [0, 0.05) is 53.5 Å². The van der Waals surface area contributed by atoms with Gasteiger partial charge in [0.05, 0.1) is 11.8 Å². The van der Waals surface area contributed by atoms with Gasteiger partial charge in [-0.15, -0.1) is 0 Å². The molecule has 1 fully saturated rings. The van der Waals surface area contributed by atoms with Crippen LogP contribution in [0.2, 0.25) is 0 Å². The van der Waals surface area contributed by atoms with Gasteiger partial charge in [0.25, 0.3) is 5.56 Å². The van der Waals surface area contributed by atoms with Crippen molar-refractivity contribution in [3.05, 3.63) is 92.9 Å². The van der Waals surface area contributed by atoms with Gasteiger partial charge in [-0.1, -0.05) is 0 Å². The predicted molar refractivity (Wildman–Crippen MR) is 124 cm³/mol. The number of rotatable bonds is 3. The summed E-state index contributed by atoms with van der Waals surface area (Å²) in [7, 11) is 0. The number of hydrogen-bond donors (Lipinski definition) is 0. The first kappa shape index (κ1) is 22.3. The van der Waals surface area contributed by atoms with Crippen LogP contribution in [0.3, 0.4) is 0 Å². The molecule has 0 bridgehead atoms. The molecule has 6 nitrogen and oxygen atoms in total. The Bertz CT molecular complexity index is 1470. The van der Waals surface area contributed by atoms with Gasteiger partial charge in [0.1, 0.15) is 17.3 Å². The minimum Gasteiger partial charge on any atom is -0.373 e. The normalized spacial score (nSPS) is 18.4. The van der Waals surface area contributed by atoms with Crippen molar-refractivity contribution in [2.24, 2.45) is 0 Å². The molecule has 0 aliphatic carbocycles. The predicted octanol–water partition coefficient (Wildman–Crippen LogP) is 4.99. The summed E-state index contributed by atoms with van der Waals surface area (Å²) < 4.78 is 35.9. The van der Waals surface area contributed by atoms with E-state index in [1.807, 2.05) is 19.1 Å². The molecule has 0 amide bonds. The fraction of sp³-hybridized carbons (Fsp3) is 0.308. The summed E-state index contributed by atoms with van der Waals surface area (Å²) >= 11 is 0. The lowest BCUT2D eigenvalue weighted by Crippen LogP contribution is -2.24. The molecule has 5 rings (SSSR count). The summed E-state index contributed by atoms with van der Waals surface area (Å²) in [6.07, 6.45) is 4.68. The number of halogens is 2. The molecule has 0 unspecified atom stereocenters. The van der Waals surface area contributed by atoms with Crippen LogP contribution in [-0.2, 0) is 4.74 Å². The largest absolute Gasteiger partial charge is 0.373 e. The van der Waals surface area contributed by atoms with Crippen molar-refractivity contribution in [1.29, 1.82) is 0 Å². The molecule has 8 heteroatoms. The molecule has 0 saturated carbocycles. The molecule has 3 aromatic heterocycles. The molecule has 1 aliphatic heterocycles. The molecular formula is C26H24F2N4O2. The first-order valence-electron chi connectivity index (χ1n) is 11.2. The van der Waals surface area contributed by atoms with Crippen molar-refractivity contribution in [2.45, 2.75) is 45.6 Å². The maximum atomic E-state index is 14.8. The van der Waals surface area contributed by atoms with Crippen molar-refractivity contribution < 1.29 is 13.5 Å². The second-order valence-corrected chi connectivity index (χ2v) is 8.77. The first-order valence-corrected chi connectivity index (χ1v) is 11.2. The van der Waals surface area contributed by atoms with Crippen LogP contribution < -0.4 is 5.56 Å². The van der Waals surface area contributed by atoms with E-state index in [-0.39, 0.29) is 34.5 Å². The van der Waals surface area contributed by atoms with Crippen molar-refractivity contribution >= 4 is 5.65 Å². The highest BCUT2D eigenvalue weighted by atomic mass is 19.1. The third kappa shape index (κ3) is 3.98. The molecule has 0 spiro atoms. The van der Waals surface area contributed by atoms with Gasteiger partial charge in [0.2, 0.25) is 0 Å². The number of aryl methyl sites for hydroxylation is 2. The highest BCUT2D eigenvalue weighted by Gasteiger charge is 2.28. The fourth-order valence-electron chi connectivity index (χ4n) is 4.48. The van der Waals surface area contributed by atoms with Gasteiger partial charge >= 0.3 is 0 Å². The first-order chi connectivity index (χ1) is 16.3. The minimum atomic E-state index is -0.754. The van der Waals surface area contributed by atoms with Crippen LogP contribution in [0, 0.1) is 32.4 Å². The molecular weight excluding hydrogens is 438 g/mol. The summed E-state index contributed by atoms with van der Waals surface area (Å²) in [5, 5.41) is 0.